The summed E-state index contributed by atoms with van der Waals surface area (Å²) in [6.45, 7) is 5.23. The van der Waals surface area contributed by atoms with E-state index in [2.05, 4.69) is 21.2 Å². The van der Waals surface area contributed by atoms with E-state index >= 15 is 0 Å². The molecule has 1 aromatic rings. The van der Waals surface area contributed by atoms with Crippen molar-refractivity contribution in [3.8, 4) is 11.5 Å². The molecule has 0 unspecified atom stereocenters. The van der Waals surface area contributed by atoms with Crippen LogP contribution in [0.2, 0.25) is 0 Å². The third kappa shape index (κ3) is 5.38. The standard InChI is InChI=1S/C14H22BrNO3/c1-4-19-7-5-6-16-10-11-8-12(15)9-13(17-2)14(11)18-3/h8-9,16H,4-7,10H2,1-3H3. The van der Waals surface area contributed by atoms with Gasteiger partial charge in [0.05, 0.1) is 14.2 Å². The fraction of sp³-hybridized carbons (Fsp3) is 0.571. The van der Waals surface area contributed by atoms with Crippen molar-refractivity contribution in [3.63, 3.8) is 0 Å². The molecular formula is C14H22BrNO3. The van der Waals surface area contributed by atoms with E-state index in [0.29, 0.717) is 0 Å². The Balaban J connectivity index is 2.54. The summed E-state index contributed by atoms with van der Waals surface area (Å²) in [6, 6.07) is 3.94. The summed E-state index contributed by atoms with van der Waals surface area (Å²) in [5, 5.41) is 3.38. The number of nitrogens with one attached hydrogen (secondary N) is 1. The van der Waals surface area contributed by atoms with E-state index < -0.39 is 0 Å². The van der Waals surface area contributed by atoms with Gasteiger partial charge in [0.2, 0.25) is 0 Å². The van der Waals surface area contributed by atoms with Crippen LogP contribution in [-0.4, -0.2) is 34.0 Å². The first-order valence-corrected chi connectivity index (χ1v) is 7.21. The largest absolute Gasteiger partial charge is 0.493 e. The molecule has 0 heterocycles. The number of ether oxygens (including phenoxy) is 3. The Morgan fingerprint density at radius 2 is 2.00 bits per heavy atom. The molecule has 4 nitrogen and oxygen atoms in total. The van der Waals surface area contributed by atoms with Gasteiger partial charge in [-0.05, 0) is 32.0 Å². The van der Waals surface area contributed by atoms with Crippen molar-refractivity contribution in [2.45, 2.75) is 19.9 Å². The summed E-state index contributed by atoms with van der Waals surface area (Å²) in [4.78, 5) is 0. The molecule has 5 heteroatoms. The molecular weight excluding hydrogens is 310 g/mol. The molecule has 0 amide bonds. The van der Waals surface area contributed by atoms with Crippen LogP contribution in [0.15, 0.2) is 16.6 Å². The van der Waals surface area contributed by atoms with Gasteiger partial charge in [0, 0.05) is 29.8 Å². The van der Waals surface area contributed by atoms with Crippen LogP contribution in [0.5, 0.6) is 11.5 Å². The first kappa shape index (κ1) is 16.3. The molecule has 19 heavy (non-hydrogen) atoms. The topological polar surface area (TPSA) is 39.7 Å². The Morgan fingerprint density at radius 1 is 1.21 bits per heavy atom. The van der Waals surface area contributed by atoms with Crippen LogP contribution in [0, 0.1) is 0 Å². The molecule has 108 valence electrons. The van der Waals surface area contributed by atoms with Crippen molar-refractivity contribution in [2.24, 2.45) is 0 Å². The smallest absolute Gasteiger partial charge is 0.165 e. The monoisotopic (exact) mass is 331 g/mol. The molecule has 0 atom stereocenters. The number of benzene rings is 1. The summed E-state index contributed by atoms with van der Waals surface area (Å²) in [6.07, 6.45) is 1.00. The minimum Gasteiger partial charge on any atom is -0.493 e. The molecule has 1 aromatic carbocycles. The van der Waals surface area contributed by atoms with Crippen molar-refractivity contribution in [2.75, 3.05) is 34.0 Å². The average Bonchev–Trinajstić information content (AvgIpc) is 2.42. The third-order valence-electron chi connectivity index (χ3n) is 2.68. The first-order valence-electron chi connectivity index (χ1n) is 6.41. The first-order chi connectivity index (χ1) is 9.22. The van der Waals surface area contributed by atoms with Crippen LogP contribution >= 0.6 is 15.9 Å². The van der Waals surface area contributed by atoms with Gasteiger partial charge < -0.3 is 19.5 Å². The van der Waals surface area contributed by atoms with E-state index in [1.54, 1.807) is 14.2 Å². The van der Waals surface area contributed by atoms with Crippen molar-refractivity contribution < 1.29 is 14.2 Å². The Bertz CT molecular complexity index is 385. The van der Waals surface area contributed by atoms with E-state index in [9.17, 15) is 0 Å². The average molecular weight is 332 g/mol. The molecule has 0 fully saturated rings. The molecule has 0 aliphatic rings. The number of hydrogen-bond donors (Lipinski definition) is 1. The number of halogens is 1. The van der Waals surface area contributed by atoms with E-state index in [-0.39, 0.29) is 0 Å². The van der Waals surface area contributed by atoms with Gasteiger partial charge in [-0.2, -0.15) is 0 Å². The molecule has 0 aromatic heterocycles. The Labute approximate surface area is 123 Å². The molecule has 0 aliphatic heterocycles. The zero-order valence-corrected chi connectivity index (χ0v) is 13.4. The second kappa shape index (κ2) is 9.18. The molecule has 0 bridgehead atoms. The van der Waals surface area contributed by atoms with Gasteiger partial charge in [0.1, 0.15) is 0 Å². The van der Waals surface area contributed by atoms with Gasteiger partial charge in [0.25, 0.3) is 0 Å². The molecule has 1 N–H and O–H groups in total. The lowest BCUT2D eigenvalue weighted by atomic mass is 10.2. The van der Waals surface area contributed by atoms with Crippen molar-refractivity contribution in [1.29, 1.82) is 0 Å². The quantitative estimate of drug-likeness (QED) is 0.706. The second-order valence-electron chi connectivity index (χ2n) is 4.03. The number of hydrogen-bond acceptors (Lipinski definition) is 4. The Morgan fingerprint density at radius 3 is 2.63 bits per heavy atom. The molecule has 0 saturated heterocycles. The molecule has 0 spiro atoms. The second-order valence-corrected chi connectivity index (χ2v) is 4.94. The summed E-state index contributed by atoms with van der Waals surface area (Å²) < 4.78 is 17.0. The number of rotatable bonds is 9. The molecule has 0 aliphatic carbocycles. The van der Waals surface area contributed by atoms with E-state index in [1.165, 1.54) is 0 Å². The van der Waals surface area contributed by atoms with Gasteiger partial charge in [-0.25, -0.2) is 0 Å². The van der Waals surface area contributed by atoms with Gasteiger partial charge in [0.15, 0.2) is 11.5 Å². The Kier molecular flexibility index (Phi) is 7.86. The fourth-order valence-electron chi connectivity index (χ4n) is 1.80. The zero-order valence-electron chi connectivity index (χ0n) is 11.8. The third-order valence-corrected chi connectivity index (χ3v) is 3.14. The van der Waals surface area contributed by atoms with Crippen molar-refractivity contribution in [3.05, 3.63) is 22.2 Å². The normalized spacial score (nSPS) is 10.5. The predicted molar refractivity (Wildman–Crippen MR) is 80.1 cm³/mol. The van der Waals surface area contributed by atoms with Crippen LogP contribution in [0.25, 0.3) is 0 Å². The summed E-state index contributed by atoms with van der Waals surface area (Å²) in [7, 11) is 3.30. The van der Waals surface area contributed by atoms with Gasteiger partial charge in [-0.15, -0.1) is 0 Å². The highest BCUT2D eigenvalue weighted by molar-refractivity contribution is 9.10. The highest BCUT2D eigenvalue weighted by Crippen LogP contribution is 2.34. The summed E-state index contributed by atoms with van der Waals surface area (Å²) in [5.74, 6) is 1.52. The van der Waals surface area contributed by atoms with Crippen LogP contribution < -0.4 is 14.8 Å². The van der Waals surface area contributed by atoms with E-state index in [4.69, 9.17) is 14.2 Å². The van der Waals surface area contributed by atoms with E-state index in [0.717, 1.165) is 54.3 Å². The summed E-state index contributed by atoms with van der Waals surface area (Å²) >= 11 is 3.48. The lowest BCUT2D eigenvalue weighted by molar-refractivity contribution is 0.144. The zero-order chi connectivity index (χ0) is 14.1. The maximum Gasteiger partial charge on any atom is 0.165 e. The molecule has 1 rings (SSSR count). The lowest BCUT2D eigenvalue weighted by Gasteiger charge is -2.14. The van der Waals surface area contributed by atoms with Gasteiger partial charge in [-0.1, -0.05) is 15.9 Å². The lowest BCUT2D eigenvalue weighted by Crippen LogP contribution is -2.17. The maximum atomic E-state index is 5.41. The minimum absolute atomic E-state index is 0.739. The highest BCUT2D eigenvalue weighted by atomic mass is 79.9. The summed E-state index contributed by atoms with van der Waals surface area (Å²) in [5.41, 5.74) is 1.07. The van der Waals surface area contributed by atoms with Gasteiger partial charge in [-0.3, -0.25) is 0 Å². The van der Waals surface area contributed by atoms with E-state index in [1.807, 2.05) is 19.1 Å². The number of methoxy groups -OCH3 is 2. The van der Waals surface area contributed by atoms with Crippen molar-refractivity contribution >= 4 is 15.9 Å². The van der Waals surface area contributed by atoms with Crippen LogP contribution in [-0.2, 0) is 11.3 Å². The van der Waals surface area contributed by atoms with Crippen molar-refractivity contribution in [1.82, 2.24) is 5.32 Å². The van der Waals surface area contributed by atoms with Crippen LogP contribution in [0.4, 0.5) is 0 Å². The minimum atomic E-state index is 0.739. The van der Waals surface area contributed by atoms with Crippen LogP contribution in [0.1, 0.15) is 18.9 Å². The maximum absolute atomic E-state index is 5.41. The van der Waals surface area contributed by atoms with Crippen LogP contribution in [0.3, 0.4) is 0 Å². The SMILES string of the molecule is CCOCCCNCc1cc(Br)cc(OC)c1OC. The molecule has 0 saturated carbocycles. The molecule has 0 radical (unpaired) electrons. The van der Waals surface area contributed by atoms with Gasteiger partial charge >= 0.3 is 0 Å². The fourth-order valence-corrected chi connectivity index (χ4v) is 2.29. The predicted octanol–water partition coefficient (Wildman–Crippen LogP) is 2.98. The Hall–Kier alpha value is -0.780. The highest BCUT2D eigenvalue weighted by Gasteiger charge is 2.11.